The molecule has 3 rings (SSSR count). The smallest absolute Gasteiger partial charge is 0.277 e. The first-order chi connectivity index (χ1) is 14.0. The number of amides is 1. The van der Waals surface area contributed by atoms with E-state index in [-0.39, 0.29) is 17.7 Å². The van der Waals surface area contributed by atoms with Crippen molar-refractivity contribution in [3.63, 3.8) is 0 Å². The molecule has 0 aliphatic heterocycles. The molecule has 2 aromatic carbocycles. The summed E-state index contributed by atoms with van der Waals surface area (Å²) in [5.41, 5.74) is 3.53. The van der Waals surface area contributed by atoms with Crippen LogP contribution in [0.3, 0.4) is 0 Å². The highest BCUT2D eigenvalue weighted by atomic mass is 32.2. The van der Waals surface area contributed by atoms with E-state index in [9.17, 15) is 4.79 Å². The molecule has 0 fully saturated rings. The van der Waals surface area contributed by atoms with Crippen LogP contribution in [0.4, 0.5) is 0 Å². The van der Waals surface area contributed by atoms with E-state index < -0.39 is 0 Å². The maximum atomic E-state index is 12.3. The number of carbonyl (C=O) groups is 1. The fourth-order valence-corrected chi connectivity index (χ4v) is 3.64. The lowest BCUT2D eigenvalue weighted by atomic mass is 10.00. The molecular weight excluding hydrogens is 382 g/mol. The van der Waals surface area contributed by atoms with Crippen molar-refractivity contribution in [2.45, 2.75) is 44.9 Å². The molecule has 1 N–H and O–H groups in total. The minimum atomic E-state index is -0.0587. The average Bonchev–Trinajstić information content (AvgIpc) is 3.14. The summed E-state index contributed by atoms with van der Waals surface area (Å²) in [6.07, 6.45) is 1.65. The number of nitrogens with one attached hydrogen (secondary N) is 1. The molecule has 0 spiro atoms. The third-order valence-corrected chi connectivity index (χ3v) is 5.29. The fourth-order valence-electron chi connectivity index (χ4n) is 3.05. The lowest BCUT2D eigenvalue weighted by Crippen LogP contribution is -2.28. The number of rotatable bonds is 9. The normalized spacial score (nSPS) is 12.1. The summed E-state index contributed by atoms with van der Waals surface area (Å²) in [7, 11) is 0. The third kappa shape index (κ3) is 6.75. The van der Waals surface area contributed by atoms with Crippen LogP contribution >= 0.6 is 11.8 Å². The highest BCUT2D eigenvalue weighted by molar-refractivity contribution is 7.99. The summed E-state index contributed by atoms with van der Waals surface area (Å²) in [5, 5.41) is 11.5. The molecule has 152 valence electrons. The Kier molecular flexibility index (Phi) is 7.47. The number of nitrogens with zero attached hydrogens (tertiary/aromatic N) is 2. The van der Waals surface area contributed by atoms with E-state index in [4.69, 9.17) is 4.42 Å². The van der Waals surface area contributed by atoms with E-state index in [1.54, 1.807) is 0 Å². The summed E-state index contributed by atoms with van der Waals surface area (Å²) in [5.74, 6) is 1.36. The molecule has 1 atom stereocenters. The van der Waals surface area contributed by atoms with Crippen molar-refractivity contribution in [2.24, 2.45) is 5.92 Å². The molecule has 1 amide bonds. The number of benzene rings is 2. The van der Waals surface area contributed by atoms with E-state index in [0.717, 1.165) is 17.5 Å². The second kappa shape index (κ2) is 10.3. The number of hydrogen-bond acceptors (Lipinski definition) is 5. The van der Waals surface area contributed by atoms with Crippen LogP contribution in [-0.2, 0) is 17.6 Å². The van der Waals surface area contributed by atoms with Crippen LogP contribution in [0.25, 0.3) is 0 Å². The monoisotopic (exact) mass is 409 g/mol. The molecule has 5 nitrogen and oxygen atoms in total. The van der Waals surface area contributed by atoms with Crippen LogP contribution in [0.2, 0.25) is 0 Å². The van der Waals surface area contributed by atoms with Gasteiger partial charge in [0.05, 0.1) is 18.2 Å². The number of aromatic nitrogens is 2. The van der Waals surface area contributed by atoms with E-state index >= 15 is 0 Å². The first-order valence-electron chi connectivity index (χ1n) is 9.87. The molecule has 29 heavy (non-hydrogen) atoms. The van der Waals surface area contributed by atoms with E-state index in [2.05, 4.69) is 53.6 Å². The van der Waals surface area contributed by atoms with Gasteiger partial charge in [-0.15, -0.1) is 10.2 Å². The van der Waals surface area contributed by atoms with Crippen molar-refractivity contribution in [3.05, 3.63) is 77.2 Å². The van der Waals surface area contributed by atoms with Gasteiger partial charge in [0.15, 0.2) is 0 Å². The number of hydrogen-bond donors (Lipinski definition) is 1. The van der Waals surface area contributed by atoms with Crippen LogP contribution in [0.5, 0.6) is 0 Å². The van der Waals surface area contributed by atoms with Crippen molar-refractivity contribution in [1.82, 2.24) is 15.5 Å². The molecule has 6 heteroatoms. The first kappa shape index (κ1) is 21.1. The lowest BCUT2D eigenvalue weighted by molar-refractivity contribution is -0.119. The Bertz CT molecular complexity index is 907. The quantitative estimate of drug-likeness (QED) is 0.513. The maximum absolute atomic E-state index is 12.3. The highest BCUT2D eigenvalue weighted by Crippen LogP contribution is 2.19. The third-order valence-electron chi connectivity index (χ3n) is 4.47. The molecule has 0 aliphatic carbocycles. The standard InChI is InChI=1S/C23H27N3O2S/c1-16(2)13-19-9-11-20(12-10-19)17(3)24-21(27)15-29-23-26-25-22(28-23)14-18-7-5-4-6-8-18/h4-12,16-17H,13-15H2,1-3H3,(H,24,27). The van der Waals surface area contributed by atoms with Crippen LogP contribution in [-0.4, -0.2) is 21.9 Å². The van der Waals surface area contributed by atoms with Crippen molar-refractivity contribution < 1.29 is 9.21 Å². The van der Waals surface area contributed by atoms with Gasteiger partial charge >= 0.3 is 0 Å². The Hall–Kier alpha value is -2.60. The molecule has 0 radical (unpaired) electrons. The average molecular weight is 410 g/mol. The van der Waals surface area contributed by atoms with Crippen LogP contribution in [0.1, 0.15) is 49.4 Å². The lowest BCUT2D eigenvalue weighted by Gasteiger charge is -2.15. The van der Waals surface area contributed by atoms with Crippen molar-refractivity contribution >= 4 is 17.7 Å². The van der Waals surface area contributed by atoms with Gasteiger partial charge < -0.3 is 9.73 Å². The van der Waals surface area contributed by atoms with Crippen LogP contribution in [0, 0.1) is 5.92 Å². The van der Waals surface area contributed by atoms with Gasteiger partial charge in [0, 0.05) is 0 Å². The van der Waals surface area contributed by atoms with Gasteiger partial charge in [0.1, 0.15) is 0 Å². The van der Waals surface area contributed by atoms with Gasteiger partial charge in [-0.1, -0.05) is 80.2 Å². The fraction of sp³-hybridized carbons (Fsp3) is 0.348. The topological polar surface area (TPSA) is 68.0 Å². The molecule has 1 heterocycles. The largest absolute Gasteiger partial charge is 0.416 e. The molecular formula is C23H27N3O2S. The zero-order valence-electron chi connectivity index (χ0n) is 17.1. The molecule has 1 unspecified atom stereocenters. The van der Waals surface area contributed by atoms with E-state index in [1.165, 1.54) is 17.3 Å². The Morgan fingerprint density at radius 1 is 1.00 bits per heavy atom. The second-order valence-electron chi connectivity index (χ2n) is 7.54. The Morgan fingerprint density at radius 3 is 2.41 bits per heavy atom. The van der Waals surface area contributed by atoms with Gasteiger partial charge in [-0.2, -0.15) is 0 Å². The minimum Gasteiger partial charge on any atom is -0.416 e. The SMILES string of the molecule is CC(C)Cc1ccc(C(C)NC(=O)CSc2nnc(Cc3ccccc3)o2)cc1. The number of thioether (sulfide) groups is 1. The van der Waals surface area contributed by atoms with E-state index in [1.807, 2.05) is 37.3 Å². The van der Waals surface area contributed by atoms with Crippen LogP contribution in [0.15, 0.2) is 64.2 Å². The molecule has 3 aromatic rings. The Labute approximate surface area is 176 Å². The summed E-state index contributed by atoms with van der Waals surface area (Å²) in [6.45, 7) is 6.41. The van der Waals surface area contributed by atoms with Gasteiger partial charge in [-0.05, 0) is 36.0 Å². The zero-order valence-corrected chi connectivity index (χ0v) is 17.9. The number of carbonyl (C=O) groups excluding carboxylic acids is 1. The van der Waals surface area contributed by atoms with Crippen molar-refractivity contribution in [1.29, 1.82) is 0 Å². The van der Waals surface area contributed by atoms with Gasteiger partial charge in [-0.3, -0.25) is 4.79 Å². The summed E-state index contributed by atoms with van der Waals surface area (Å²) < 4.78 is 5.63. The molecule has 1 aromatic heterocycles. The first-order valence-corrected chi connectivity index (χ1v) is 10.9. The van der Waals surface area contributed by atoms with E-state index in [0.29, 0.717) is 23.5 Å². The predicted molar refractivity (Wildman–Crippen MR) is 116 cm³/mol. The zero-order chi connectivity index (χ0) is 20.6. The summed E-state index contributed by atoms with van der Waals surface area (Å²) in [4.78, 5) is 12.3. The predicted octanol–water partition coefficient (Wildman–Crippen LogP) is 4.83. The van der Waals surface area contributed by atoms with Gasteiger partial charge in [0.2, 0.25) is 11.8 Å². The van der Waals surface area contributed by atoms with Crippen molar-refractivity contribution in [2.75, 3.05) is 5.75 Å². The minimum absolute atomic E-state index is 0.0486. The van der Waals surface area contributed by atoms with Crippen molar-refractivity contribution in [3.8, 4) is 0 Å². The summed E-state index contributed by atoms with van der Waals surface area (Å²) in [6, 6.07) is 18.4. The molecule has 0 saturated carbocycles. The van der Waals surface area contributed by atoms with Crippen LogP contribution < -0.4 is 5.32 Å². The summed E-state index contributed by atoms with van der Waals surface area (Å²) >= 11 is 1.25. The van der Waals surface area contributed by atoms with Gasteiger partial charge in [-0.25, -0.2) is 0 Å². The molecule has 0 bridgehead atoms. The molecule has 0 saturated heterocycles. The molecule has 0 aliphatic rings. The maximum Gasteiger partial charge on any atom is 0.277 e. The Balaban J connectivity index is 1.46. The highest BCUT2D eigenvalue weighted by Gasteiger charge is 2.13. The second-order valence-corrected chi connectivity index (χ2v) is 8.47. The van der Waals surface area contributed by atoms with Gasteiger partial charge in [0.25, 0.3) is 5.22 Å². The Morgan fingerprint density at radius 2 is 1.72 bits per heavy atom.